The largest absolute Gasteiger partial charge is 0.298 e. The van der Waals surface area contributed by atoms with Crippen LogP contribution >= 0.6 is 12.2 Å². The maximum Gasteiger partial charge on any atom is 0.265 e. The Bertz CT molecular complexity index is 1180. The zero-order valence-electron chi connectivity index (χ0n) is 14.3. The van der Waals surface area contributed by atoms with Crippen LogP contribution in [-0.4, -0.2) is 48.4 Å². The van der Waals surface area contributed by atoms with Crippen LogP contribution < -0.4 is 5.32 Å². The summed E-state index contributed by atoms with van der Waals surface area (Å²) >= 11 is 5.06. The molecule has 0 saturated carbocycles. The predicted octanol–water partition coefficient (Wildman–Crippen LogP) is 1.40. The standard InChI is InChI=1S/C18H14N6O2S/c1-3-6-23-17(26)13(16(25)19-18(23)27)9-12-8-11-5-4-10(2)7-14(11)24-15(12)20-21-22-24/h3-5,7-9H,1,6H2,2H3,(H,19,25,27). The van der Waals surface area contributed by atoms with Crippen LogP contribution in [-0.2, 0) is 9.59 Å². The van der Waals surface area contributed by atoms with Crippen molar-refractivity contribution >= 4 is 51.8 Å². The second kappa shape index (κ2) is 6.36. The van der Waals surface area contributed by atoms with E-state index < -0.39 is 11.8 Å². The van der Waals surface area contributed by atoms with Gasteiger partial charge in [-0.25, -0.2) is 0 Å². The first-order valence-corrected chi connectivity index (χ1v) is 8.51. The number of tetrazole rings is 1. The molecule has 134 valence electrons. The number of amides is 2. The van der Waals surface area contributed by atoms with Gasteiger partial charge in [-0.05, 0) is 53.3 Å². The van der Waals surface area contributed by atoms with Crippen molar-refractivity contribution in [1.29, 1.82) is 0 Å². The first-order chi connectivity index (χ1) is 13.0. The van der Waals surface area contributed by atoms with Crippen molar-refractivity contribution in [3.05, 3.63) is 53.6 Å². The number of carbonyl (C=O) groups excluding carboxylic acids is 2. The van der Waals surface area contributed by atoms with Gasteiger partial charge in [-0.1, -0.05) is 18.2 Å². The Balaban J connectivity index is 1.90. The maximum absolute atomic E-state index is 12.7. The Hall–Kier alpha value is -3.46. The average molecular weight is 378 g/mol. The molecule has 2 aromatic heterocycles. The van der Waals surface area contributed by atoms with Crippen molar-refractivity contribution in [2.45, 2.75) is 6.92 Å². The molecule has 0 aliphatic carbocycles. The van der Waals surface area contributed by atoms with Crippen molar-refractivity contribution in [3.63, 3.8) is 0 Å². The normalized spacial score (nSPS) is 16.4. The van der Waals surface area contributed by atoms with Crippen molar-refractivity contribution in [1.82, 2.24) is 30.3 Å². The van der Waals surface area contributed by atoms with Gasteiger partial charge in [0.05, 0.1) is 5.52 Å². The summed E-state index contributed by atoms with van der Waals surface area (Å²) in [5.74, 6) is -1.04. The number of thiocarbonyl (C=S) groups is 1. The SMILES string of the molecule is C=CCN1C(=O)C(=Cc2cc3ccc(C)cc3n3nnnc23)C(=O)NC1=S. The zero-order valence-corrected chi connectivity index (χ0v) is 15.2. The number of pyridine rings is 1. The number of nitrogens with one attached hydrogen (secondary N) is 1. The minimum atomic E-state index is -0.556. The molecule has 4 rings (SSSR count). The maximum atomic E-state index is 12.7. The van der Waals surface area contributed by atoms with Crippen LogP contribution in [0.2, 0.25) is 0 Å². The lowest BCUT2D eigenvalue weighted by Gasteiger charge is -2.27. The van der Waals surface area contributed by atoms with Crippen LogP contribution in [0.5, 0.6) is 0 Å². The summed E-state index contributed by atoms with van der Waals surface area (Å²) in [6.07, 6.45) is 3.03. The summed E-state index contributed by atoms with van der Waals surface area (Å²) in [5, 5.41) is 15.3. The van der Waals surface area contributed by atoms with E-state index in [0.717, 1.165) is 16.5 Å². The van der Waals surface area contributed by atoms with Crippen LogP contribution in [0.25, 0.3) is 22.6 Å². The molecular weight excluding hydrogens is 364 g/mol. The van der Waals surface area contributed by atoms with Gasteiger partial charge in [0.2, 0.25) is 0 Å². The topological polar surface area (TPSA) is 92.5 Å². The fourth-order valence-corrected chi connectivity index (χ4v) is 3.22. The minimum Gasteiger partial charge on any atom is -0.298 e. The second-order valence-electron chi connectivity index (χ2n) is 6.10. The summed E-state index contributed by atoms with van der Waals surface area (Å²) < 4.78 is 1.59. The summed E-state index contributed by atoms with van der Waals surface area (Å²) in [7, 11) is 0. The van der Waals surface area contributed by atoms with E-state index in [1.54, 1.807) is 4.52 Å². The molecule has 2 amide bonds. The van der Waals surface area contributed by atoms with Crippen molar-refractivity contribution in [2.75, 3.05) is 6.54 Å². The number of aryl methyl sites for hydroxylation is 1. The summed E-state index contributed by atoms with van der Waals surface area (Å²) in [6, 6.07) is 7.73. The van der Waals surface area contributed by atoms with E-state index in [1.165, 1.54) is 17.1 Å². The Morgan fingerprint density at radius 2 is 2.11 bits per heavy atom. The van der Waals surface area contributed by atoms with Crippen molar-refractivity contribution in [2.24, 2.45) is 0 Å². The molecule has 9 heteroatoms. The van der Waals surface area contributed by atoms with E-state index in [9.17, 15) is 9.59 Å². The molecule has 1 fully saturated rings. The van der Waals surface area contributed by atoms with Crippen LogP contribution in [0.15, 0.2) is 42.5 Å². The molecule has 1 aromatic carbocycles. The molecule has 1 aliphatic rings. The van der Waals surface area contributed by atoms with Gasteiger partial charge >= 0.3 is 0 Å². The number of aromatic nitrogens is 4. The van der Waals surface area contributed by atoms with Crippen LogP contribution in [0.4, 0.5) is 0 Å². The Morgan fingerprint density at radius 1 is 1.30 bits per heavy atom. The number of benzene rings is 1. The molecule has 0 bridgehead atoms. The van der Waals surface area contributed by atoms with Gasteiger partial charge in [-0.3, -0.25) is 19.8 Å². The van der Waals surface area contributed by atoms with Crippen LogP contribution in [0, 0.1) is 6.92 Å². The zero-order chi connectivity index (χ0) is 19.1. The Labute approximate surface area is 159 Å². The molecule has 0 unspecified atom stereocenters. The van der Waals surface area contributed by atoms with Crippen molar-refractivity contribution in [3.8, 4) is 0 Å². The highest BCUT2D eigenvalue weighted by Crippen LogP contribution is 2.23. The smallest absolute Gasteiger partial charge is 0.265 e. The molecule has 0 atom stereocenters. The fraction of sp³-hybridized carbons (Fsp3) is 0.111. The fourth-order valence-electron chi connectivity index (χ4n) is 2.97. The monoisotopic (exact) mass is 378 g/mol. The molecule has 1 saturated heterocycles. The number of hydrogen-bond donors (Lipinski definition) is 1. The number of carbonyl (C=O) groups is 2. The first-order valence-electron chi connectivity index (χ1n) is 8.11. The van der Waals surface area contributed by atoms with E-state index in [2.05, 4.69) is 27.4 Å². The average Bonchev–Trinajstić information content (AvgIpc) is 3.13. The third-order valence-corrected chi connectivity index (χ3v) is 4.57. The van der Waals surface area contributed by atoms with E-state index in [4.69, 9.17) is 12.2 Å². The van der Waals surface area contributed by atoms with Gasteiger partial charge in [0.1, 0.15) is 5.57 Å². The molecule has 0 spiro atoms. The van der Waals surface area contributed by atoms with Gasteiger partial charge < -0.3 is 0 Å². The third kappa shape index (κ3) is 2.77. The van der Waals surface area contributed by atoms with Crippen LogP contribution in [0.1, 0.15) is 11.1 Å². The van der Waals surface area contributed by atoms with Gasteiger partial charge in [0.15, 0.2) is 10.8 Å². The molecule has 8 nitrogen and oxygen atoms in total. The molecule has 1 aliphatic heterocycles. The predicted molar refractivity (Wildman–Crippen MR) is 104 cm³/mol. The molecule has 0 radical (unpaired) electrons. The van der Waals surface area contributed by atoms with E-state index in [0.29, 0.717) is 11.2 Å². The lowest BCUT2D eigenvalue weighted by atomic mass is 10.1. The molecule has 27 heavy (non-hydrogen) atoms. The highest BCUT2D eigenvalue weighted by atomic mass is 32.1. The number of rotatable bonds is 3. The van der Waals surface area contributed by atoms with Gasteiger partial charge in [0.25, 0.3) is 11.8 Å². The molecule has 3 aromatic rings. The van der Waals surface area contributed by atoms with Crippen LogP contribution in [0.3, 0.4) is 0 Å². The minimum absolute atomic E-state index is 0.0400. The van der Waals surface area contributed by atoms with Gasteiger partial charge in [-0.15, -0.1) is 11.7 Å². The lowest BCUT2D eigenvalue weighted by Crippen LogP contribution is -2.53. The van der Waals surface area contributed by atoms with E-state index in [1.807, 2.05) is 31.2 Å². The number of fused-ring (bicyclic) bond motifs is 3. The molecular formula is C18H14N6O2S. The Kier molecular flexibility index (Phi) is 4.00. The number of hydrogen-bond acceptors (Lipinski definition) is 6. The summed E-state index contributed by atoms with van der Waals surface area (Å²) in [5.41, 5.74) is 2.87. The van der Waals surface area contributed by atoms with E-state index >= 15 is 0 Å². The highest BCUT2D eigenvalue weighted by molar-refractivity contribution is 7.80. The highest BCUT2D eigenvalue weighted by Gasteiger charge is 2.32. The van der Waals surface area contributed by atoms with Gasteiger partial charge in [-0.2, -0.15) is 4.52 Å². The molecule has 3 heterocycles. The quantitative estimate of drug-likeness (QED) is 0.321. The summed E-state index contributed by atoms with van der Waals surface area (Å²) in [4.78, 5) is 26.4. The second-order valence-corrected chi connectivity index (χ2v) is 6.48. The van der Waals surface area contributed by atoms with Crippen molar-refractivity contribution < 1.29 is 9.59 Å². The first kappa shape index (κ1) is 17.0. The Morgan fingerprint density at radius 3 is 2.89 bits per heavy atom. The third-order valence-electron chi connectivity index (χ3n) is 4.25. The lowest BCUT2D eigenvalue weighted by molar-refractivity contribution is -0.128. The van der Waals surface area contributed by atoms with Gasteiger partial charge in [0, 0.05) is 17.5 Å². The number of nitrogens with zero attached hydrogens (tertiary/aromatic N) is 5. The molecule has 1 N–H and O–H groups in total. The van der Waals surface area contributed by atoms with E-state index in [-0.39, 0.29) is 17.2 Å². The summed E-state index contributed by atoms with van der Waals surface area (Å²) in [6.45, 7) is 5.79.